The van der Waals surface area contributed by atoms with Crippen molar-refractivity contribution in [1.29, 1.82) is 0 Å². The molecular formula is C13H24N2OS. The van der Waals surface area contributed by atoms with E-state index in [1.165, 1.54) is 32.1 Å². The van der Waals surface area contributed by atoms with Crippen LogP contribution in [0.5, 0.6) is 0 Å². The fourth-order valence-electron chi connectivity index (χ4n) is 3.22. The molecule has 3 nitrogen and oxygen atoms in total. The van der Waals surface area contributed by atoms with E-state index in [0.29, 0.717) is 0 Å². The monoisotopic (exact) mass is 256 g/mol. The van der Waals surface area contributed by atoms with Gasteiger partial charge in [0, 0.05) is 32.8 Å². The Morgan fingerprint density at radius 2 is 2.18 bits per heavy atom. The highest BCUT2D eigenvalue weighted by Crippen LogP contribution is 2.36. The average molecular weight is 256 g/mol. The zero-order chi connectivity index (χ0) is 12.1. The van der Waals surface area contributed by atoms with Gasteiger partial charge < -0.3 is 15.0 Å². The van der Waals surface area contributed by atoms with Gasteiger partial charge in [0.25, 0.3) is 0 Å². The number of hydrogen-bond acceptors (Lipinski definition) is 2. The molecule has 0 bridgehead atoms. The first-order valence-corrected chi connectivity index (χ1v) is 7.27. The third kappa shape index (κ3) is 3.32. The summed E-state index contributed by atoms with van der Waals surface area (Å²) >= 11 is 5.52. The summed E-state index contributed by atoms with van der Waals surface area (Å²) in [5.74, 6) is 0.905. The van der Waals surface area contributed by atoms with Crippen LogP contribution in [0.3, 0.4) is 0 Å². The zero-order valence-electron chi connectivity index (χ0n) is 10.8. The Balaban J connectivity index is 1.77. The summed E-state index contributed by atoms with van der Waals surface area (Å²) in [6.07, 6.45) is 7.88. The van der Waals surface area contributed by atoms with Gasteiger partial charge in [-0.15, -0.1) is 0 Å². The number of fused-ring (bicyclic) bond motifs is 1. The maximum absolute atomic E-state index is 5.52. The molecule has 2 unspecified atom stereocenters. The van der Waals surface area contributed by atoms with Crippen molar-refractivity contribution in [2.75, 3.05) is 26.8 Å². The van der Waals surface area contributed by atoms with Gasteiger partial charge in [-0.3, -0.25) is 0 Å². The summed E-state index contributed by atoms with van der Waals surface area (Å²) in [5.41, 5.74) is 0. The summed E-state index contributed by atoms with van der Waals surface area (Å²) in [6.45, 7) is 2.89. The van der Waals surface area contributed by atoms with Gasteiger partial charge in [0.1, 0.15) is 0 Å². The van der Waals surface area contributed by atoms with Gasteiger partial charge in [0.05, 0.1) is 0 Å². The minimum Gasteiger partial charge on any atom is -0.385 e. The fourth-order valence-corrected chi connectivity index (χ4v) is 3.55. The third-order valence-electron chi connectivity index (χ3n) is 4.06. The van der Waals surface area contributed by atoms with E-state index in [1.54, 1.807) is 7.11 Å². The van der Waals surface area contributed by atoms with E-state index in [4.69, 9.17) is 17.0 Å². The second-order valence-electron chi connectivity index (χ2n) is 5.17. The number of likely N-dealkylation sites (tertiary alicyclic amines) is 1. The van der Waals surface area contributed by atoms with Crippen LogP contribution < -0.4 is 5.32 Å². The molecule has 1 heterocycles. The SMILES string of the molecule is COCCCNC(=S)N1CCCC2CCCC21. The first-order chi connectivity index (χ1) is 8.33. The first-order valence-electron chi connectivity index (χ1n) is 6.86. The molecule has 0 spiro atoms. The van der Waals surface area contributed by atoms with Crippen molar-refractivity contribution in [1.82, 2.24) is 10.2 Å². The quantitative estimate of drug-likeness (QED) is 0.615. The summed E-state index contributed by atoms with van der Waals surface area (Å²) in [4.78, 5) is 2.45. The molecule has 2 aliphatic rings. The van der Waals surface area contributed by atoms with Gasteiger partial charge in [-0.25, -0.2) is 0 Å². The van der Waals surface area contributed by atoms with Crippen LogP contribution in [0.25, 0.3) is 0 Å². The fraction of sp³-hybridized carbons (Fsp3) is 0.923. The highest BCUT2D eigenvalue weighted by atomic mass is 32.1. The van der Waals surface area contributed by atoms with Crippen molar-refractivity contribution >= 4 is 17.3 Å². The number of methoxy groups -OCH3 is 1. The van der Waals surface area contributed by atoms with Gasteiger partial charge in [0.15, 0.2) is 5.11 Å². The second kappa shape index (κ2) is 6.55. The van der Waals surface area contributed by atoms with Crippen LogP contribution in [0, 0.1) is 5.92 Å². The van der Waals surface area contributed by atoms with Crippen molar-refractivity contribution in [3.05, 3.63) is 0 Å². The first kappa shape index (κ1) is 13.1. The van der Waals surface area contributed by atoms with E-state index >= 15 is 0 Å². The van der Waals surface area contributed by atoms with Gasteiger partial charge >= 0.3 is 0 Å². The predicted molar refractivity (Wildman–Crippen MR) is 74.2 cm³/mol. The molecule has 98 valence electrons. The van der Waals surface area contributed by atoms with Crippen molar-refractivity contribution in [3.8, 4) is 0 Å². The Kier molecular flexibility index (Phi) is 5.04. The largest absolute Gasteiger partial charge is 0.385 e. The lowest BCUT2D eigenvalue weighted by Gasteiger charge is -2.39. The van der Waals surface area contributed by atoms with Crippen LogP contribution in [0.15, 0.2) is 0 Å². The lowest BCUT2D eigenvalue weighted by molar-refractivity contribution is 0.185. The molecule has 2 atom stereocenters. The van der Waals surface area contributed by atoms with E-state index in [9.17, 15) is 0 Å². The van der Waals surface area contributed by atoms with Crippen LogP contribution in [0.2, 0.25) is 0 Å². The average Bonchev–Trinajstić information content (AvgIpc) is 2.82. The van der Waals surface area contributed by atoms with Crippen molar-refractivity contribution in [2.45, 2.75) is 44.6 Å². The Labute approximate surface area is 110 Å². The Hall–Kier alpha value is -0.350. The highest BCUT2D eigenvalue weighted by Gasteiger charge is 2.35. The Morgan fingerprint density at radius 3 is 3.00 bits per heavy atom. The zero-order valence-corrected chi connectivity index (χ0v) is 11.6. The molecule has 4 heteroatoms. The number of nitrogens with one attached hydrogen (secondary N) is 1. The molecule has 0 aromatic carbocycles. The van der Waals surface area contributed by atoms with E-state index in [-0.39, 0.29) is 0 Å². The molecule has 2 fully saturated rings. The van der Waals surface area contributed by atoms with Crippen LogP contribution >= 0.6 is 12.2 Å². The molecule has 1 N–H and O–H groups in total. The molecular weight excluding hydrogens is 232 g/mol. The molecule has 1 aliphatic heterocycles. The number of rotatable bonds is 4. The van der Waals surface area contributed by atoms with Crippen LogP contribution in [0.4, 0.5) is 0 Å². The molecule has 1 saturated heterocycles. The predicted octanol–water partition coefficient (Wildman–Crippen LogP) is 2.16. The van der Waals surface area contributed by atoms with Crippen LogP contribution in [0.1, 0.15) is 38.5 Å². The van der Waals surface area contributed by atoms with Gasteiger partial charge in [0.2, 0.25) is 0 Å². The van der Waals surface area contributed by atoms with Crippen molar-refractivity contribution in [2.24, 2.45) is 5.92 Å². The second-order valence-corrected chi connectivity index (χ2v) is 5.56. The molecule has 2 rings (SSSR count). The smallest absolute Gasteiger partial charge is 0.169 e. The number of thiocarbonyl (C=S) groups is 1. The van der Waals surface area contributed by atoms with Gasteiger partial charge in [-0.1, -0.05) is 6.42 Å². The molecule has 0 aromatic heterocycles. The van der Waals surface area contributed by atoms with Crippen LogP contribution in [-0.2, 0) is 4.74 Å². The standard InChI is InChI=1S/C13H24N2OS/c1-16-10-4-8-14-13(17)15-9-3-6-11-5-2-7-12(11)15/h11-12H,2-10H2,1H3,(H,14,17). The van der Waals surface area contributed by atoms with Gasteiger partial charge in [-0.05, 0) is 50.2 Å². The number of piperidine rings is 1. The molecule has 1 saturated carbocycles. The summed E-state index contributed by atoms with van der Waals surface area (Å²) in [5, 5.41) is 4.35. The lowest BCUT2D eigenvalue weighted by atomic mass is 9.92. The minimum atomic E-state index is 0.728. The summed E-state index contributed by atoms with van der Waals surface area (Å²) < 4.78 is 5.04. The normalized spacial score (nSPS) is 27.9. The summed E-state index contributed by atoms with van der Waals surface area (Å²) in [6, 6.07) is 0.728. The third-order valence-corrected chi connectivity index (χ3v) is 4.43. The maximum Gasteiger partial charge on any atom is 0.169 e. The molecule has 0 aromatic rings. The highest BCUT2D eigenvalue weighted by molar-refractivity contribution is 7.80. The number of ether oxygens (including phenoxy) is 1. The number of nitrogens with zero attached hydrogens (tertiary/aromatic N) is 1. The minimum absolute atomic E-state index is 0.728. The van der Waals surface area contributed by atoms with Crippen molar-refractivity contribution in [3.63, 3.8) is 0 Å². The molecule has 17 heavy (non-hydrogen) atoms. The topological polar surface area (TPSA) is 24.5 Å². The van der Waals surface area contributed by atoms with E-state index < -0.39 is 0 Å². The van der Waals surface area contributed by atoms with E-state index in [2.05, 4.69) is 10.2 Å². The maximum atomic E-state index is 5.52. The van der Waals surface area contributed by atoms with Gasteiger partial charge in [-0.2, -0.15) is 0 Å². The summed E-state index contributed by atoms with van der Waals surface area (Å²) in [7, 11) is 1.74. The molecule has 0 amide bonds. The Morgan fingerprint density at radius 1 is 1.35 bits per heavy atom. The molecule has 0 radical (unpaired) electrons. The lowest BCUT2D eigenvalue weighted by Crippen LogP contribution is -2.50. The van der Waals surface area contributed by atoms with E-state index in [0.717, 1.165) is 43.2 Å². The molecule has 1 aliphatic carbocycles. The van der Waals surface area contributed by atoms with Crippen LogP contribution in [-0.4, -0.2) is 42.9 Å². The van der Waals surface area contributed by atoms with E-state index in [1.807, 2.05) is 0 Å². The van der Waals surface area contributed by atoms with Crippen molar-refractivity contribution < 1.29 is 4.74 Å². The number of hydrogen-bond donors (Lipinski definition) is 1. The Bertz CT molecular complexity index is 260.